The number of amides is 1. The number of alkyl halides is 1. The second-order valence-corrected chi connectivity index (χ2v) is 6.64. The summed E-state index contributed by atoms with van der Waals surface area (Å²) < 4.78 is 29.8. The predicted octanol–water partition coefficient (Wildman–Crippen LogP) is 3.18. The molecular formula is C18H19F2N5O. The van der Waals surface area contributed by atoms with E-state index in [1.807, 2.05) is 0 Å². The van der Waals surface area contributed by atoms with Crippen LogP contribution in [-0.2, 0) is 0 Å². The number of rotatable bonds is 5. The Labute approximate surface area is 149 Å². The lowest BCUT2D eigenvalue weighted by Crippen LogP contribution is -2.36. The van der Waals surface area contributed by atoms with Crippen molar-refractivity contribution < 1.29 is 13.6 Å². The lowest BCUT2D eigenvalue weighted by atomic mass is 10.0. The molecule has 0 radical (unpaired) electrons. The Morgan fingerprint density at radius 2 is 2.12 bits per heavy atom. The molecule has 3 aromatic heterocycles. The smallest absolute Gasteiger partial charge is 0.252 e. The van der Waals surface area contributed by atoms with Crippen molar-refractivity contribution in [3.8, 4) is 11.1 Å². The average Bonchev–Trinajstić information content (AvgIpc) is 2.98. The first-order chi connectivity index (χ1) is 12.2. The molecule has 0 aliphatic carbocycles. The molecule has 0 spiro atoms. The average molecular weight is 359 g/mol. The summed E-state index contributed by atoms with van der Waals surface area (Å²) >= 11 is 0. The molecule has 8 heteroatoms. The van der Waals surface area contributed by atoms with Crippen LogP contribution in [0.1, 0.15) is 31.1 Å². The van der Waals surface area contributed by atoms with Crippen LogP contribution >= 0.6 is 0 Å². The van der Waals surface area contributed by atoms with Crippen molar-refractivity contribution in [1.82, 2.24) is 14.6 Å². The third-order valence-electron chi connectivity index (χ3n) is 4.38. The number of carbonyl (C=O) groups excluding carboxylic acids is 1. The van der Waals surface area contributed by atoms with Crippen molar-refractivity contribution in [2.75, 3.05) is 5.32 Å². The molecule has 1 amide bonds. The molecule has 1 atom stereocenters. The van der Waals surface area contributed by atoms with Gasteiger partial charge in [-0.15, -0.1) is 0 Å². The maximum absolute atomic E-state index is 14.3. The van der Waals surface area contributed by atoms with E-state index < -0.39 is 23.4 Å². The van der Waals surface area contributed by atoms with Crippen LogP contribution in [0.2, 0.25) is 0 Å². The fourth-order valence-corrected chi connectivity index (χ4v) is 2.54. The highest BCUT2D eigenvalue weighted by Crippen LogP contribution is 2.31. The van der Waals surface area contributed by atoms with Crippen molar-refractivity contribution >= 4 is 17.1 Å². The lowest BCUT2D eigenvalue weighted by molar-refractivity contribution is 0.1000. The molecule has 3 aromatic rings. The first-order valence-corrected chi connectivity index (χ1v) is 8.05. The molecule has 1 unspecified atom stereocenters. The van der Waals surface area contributed by atoms with Crippen molar-refractivity contribution in [1.29, 1.82) is 0 Å². The van der Waals surface area contributed by atoms with Crippen LogP contribution in [0.3, 0.4) is 0 Å². The summed E-state index contributed by atoms with van der Waals surface area (Å²) in [5.74, 6) is -1.17. The van der Waals surface area contributed by atoms with Crippen LogP contribution in [0.5, 0.6) is 0 Å². The van der Waals surface area contributed by atoms with Crippen molar-refractivity contribution in [2.45, 2.75) is 32.5 Å². The minimum Gasteiger partial charge on any atom is -0.377 e. The number of anilines is 1. The van der Waals surface area contributed by atoms with Gasteiger partial charge in [0.25, 0.3) is 5.91 Å². The number of carbonyl (C=O) groups is 1. The van der Waals surface area contributed by atoms with Crippen molar-refractivity contribution in [3.63, 3.8) is 0 Å². The number of halogens is 2. The van der Waals surface area contributed by atoms with E-state index >= 15 is 0 Å². The third-order valence-corrected chi connectivity index (χ3v) is 4.38. The van der Waals surface area contributed by atoms with Gasteiger partial charge in [0, 0.05) is 23.5 Å². The van der Waals surface area contributed by atoms with Crippen LogP contribution in [0, 0.1) is 5.82 Å². The molecule has 0 saturated heterocycles. The number of hydrogen-bond donors (Lipinski definition) is 2. The zero-order chi connectivity index (χ0) is 19.1. The van der Waals surface area contributed by atoms with Crippen LogP contribution in [0.25, 0.3) is 16.6 Å². The first kappa shape index (κ1) is 17.8. The highest BCUT2D eigenvalue weighted by Gasteiger charge is 2.27. The fourth-order valence-electron chi connectivity index (χ4n) is 2.54. The number of nitrogens with zero attached hydrogens (tertiary/aromatic N) is 3. The highest BCUT2D eigenvalue weighted by molar-refractivity contribution is 6.02. The van der Waals surface area contributed by atoms with Crippen molar-refractivity contribution in [3.05, 3.63) is 48.3 Å². The van der Waals surface area contributed by atoms with Crippen LogP contribution in [0.15, 0.2) is 36.9 Å². The number of nitrogens with one attached hydrogen (secondary N) is 1. The summed E-state index contributed by atoms with van der Waals surface area (Å²) in [5.41, 5.74) is 5.77. The summed E-state index contributed by atoms with van der Waals surface area (Å²) in [5, 5.41) is 7.16. The van der Waals surface area contributed by atoms with E-state index in [0.717, 1.165) is 6.20 Å². The van der Waals surface area contributed by atoms with E-state index in [2.05, 4.69) is 15.4 Å². The van der Waals surface area contributed by atoms with Gasteiger partial charge in [-0.25, -0.2) is 13.3 Å². The van der Waals surface area contributed by atoms with Gasteiger partial charge in [0.05, 0.1) is 35.2 Å². The van der Waals surface area contributed by atoms with Gasteiger partial charge in [0.2, 0.25) is 0 Å². The molecular weight excluding hydrogens is 340 g/mol. The zero-order valence-corrected chi connectivity index (χ0v) is 14.6. The Balaban J connectivity index is 2.18. The number of pyridine rings is 1. The monoisotopic (exact) mass is 359 g/mol. The molecule has 0 saturated carbocycles. The summed E-state index contributed by atoms with van der Waals surface area (Å²) in [4.78, 5) is 15.5. The Hall–Kier alpha value is -3.03. The number of aromatic nitrogens is 3. The van der Waals surface area contributed by atoms with E-state index in [-0.39, 0.29) is 5.56 Å². The standard InChI is InChI=1S/C18H19F2N5O/c1-10(18(2,3)20)24-16-13(17(21)26)7-23-25-9-11(6-15(16)25)12-4-5-22-8-14(12)19/h4-10,24H,1-3H3,(H2,21,26). The fraction of sp³-hybridized carbons (Fsp3) is 0.278. The molecule has 6 nitrogen and oxygen atoms in total. The van der Waals surface area contributed by atoms with Gasteiger partial charge in [-0.05, 0) is 32.9 Å². The van der Waals surface area contributed by atoms with Gasteiger partial charge < -0.3 is 11.1 Å². The normalized spacial score (nSPS) is 13.0. The minimum absolute atomic E-state index is 0.133. The summed E-state index contributed by atoms with van der Waals surface area (Å²) in [7, 11) is 0. The number of fused-ring (bicyclic) bond motifs is 1. The van der Waals surface area contributed by atoms with Gasteiger partial charge in [0.15, 0.2) is 0 Å². The minimum atomic E-state index is -1.54. The van der Waals surface area contributed by atoms with E-state index in [1.165, 1.54) is 30.8 Å². The van der Waals surface area contributed by atoms with Gasteiger partial charge in [-0.3, -0.25) is 9.78 Å². The van der Waals surface area contributed by atoms with Gasteiger partial charge in [-0.1, -0.05) is 0 Å². The van der Waals surface area contributed by atoms with Crippen LogP contribution in [-0.4, -0.2) is 32.2 Å². The number of hydrogen-bond acceptors (Lipinski definition) is 4. The van der Waals surface area contributed by atoms with Gasteiger partial charge in [-0.2, -0.15) is 5.10 Å². The first-order valence-electron chi connectivity index (χ1n) is 8.05. The van der Waals surface area contributed by atoms with E-state index in [0.29, 0.717) is 22.3 Å². The molecule has 136 valence electrons. The molecule has 3 heterocycles. The molecule has 3 N–H and O–H groups in total. The second kappa shape index (κ2) is 6.36. The van der Waals surface area contributed by atoms with E-state index in [1.54, 1.807) is 25.3 Å². The predicted molar refractivity (Wildman–Crippen MR) is 95.2 cm³/mol. The SMILES string of the molecule is CC(Nc1c(C(N)=O)cnn2cc(-c3ccncc3F)cc12)C(C)(C)F. The maximum Gasteiger partial charge on any atom is 0.252 e. The molecule has 0 aromatic carbocycles. The van der Waals surface area contributed by atoms with Crippen molar-refractivity contribution in [2.24, 2.45) is 5.73 Å². The summed E-state index contributed by atoms with van der Waals surface area (Å²) in [6, 6.07) is 2.60. The second-order valence-electron chi connectivity index (χ2n) is 6.64. The largest absolute Gasteiger partial charge is 0.377 e. The van der Waals surface area contributed by atoms with Crippen LogP contribution in [0.4, 0.5) is 14.5 Å². The Morgan fingerprint density at radius 1 is 1.38 bits per heavy atom. The Bertz CT molecular complexity index is 977. The summed E-state index contributed by atoms with van der Waals surface area (Å²) in [6.07, 6.45) is 5.53. The van der Waals surface area contributed by atoms with E-state index in [4.69, 9.17) is 5.73 Å². The molecule has 26 heavy (non-hydrogen) atoms. The molecule has 0 aliphatic heterocycles. The quantitative estimate of drug-likeness (QED) is 0.733. The Kier molecular flexibility index (Phi) is 4.35. The molecule has 0 aliphatic rings. The van der Waals surface area contributed by atoms with Gasteiger partial charge in [0.1, 0.15) is 11.5 Å². The third kappa shape index (κ3) is 3.22. The lowest BCUT2D eigenvalue weighted by Gasteiger charge is -2.26. The number of primary amides is 1. The summed E-state index contributed by atoms with van der Waals surface area (Å²) in [6.45, 7) is 4.53. The molecule has 0 fully saturated rings. The highest BCUT2D eigenvalue weighted by atomic mass is 19.1. The maximum atomic E-state index is 14.3. The number of nitrogens with two attached hydrogens (primary N) is 1. The Morgan fingerprint density at radius 3 is 2.73 bits per heavy atom. The van der Waals surface area contributed by atoms with Crippen LogP contribution < -0.4 is 11.1 Å². The zero-order valence-electron chi connectivity index (χ0n) is 14.6. The van der Waals surface area contributed by atoms with Gasteiger partial charge >= 0.3 is 0 Å². The topological polar surface area (TPSA) is 85.3 Å². The molecule has 0 bridgehead atoms. The van der Waals surface area contributed by atoms with E-state index in [9.17, 15) is 13.6 Å². The molecule has 3 rings (SSSR count).